The zero-order valence-electron chi connectivity index (χ0n) is 13.2. The van der Waals surface area contributed by atoms with Crippen LogP contribution < -0.4 is 19.3 Å². The van der Waals surface area contributed by atoms with Gasteiger partial charge in [-0.2, -0.15) is 4.98 Å². The smallest absolute Gasteiger partial charge is 0.228 e. The van der Waals surface area contributed by atoms with E-state index in [4.69, 9.17) is 9.47 Å². The van der Waals surface area contributed by atoms with E-state index in [1.54, 1.807) is 25.4 Å². The van der Waals surface area contributed by atoms with E-state index < -0.39 is 0 Å². The third-order valence-electron chi connectivity index (χ3n) is 3.89. The van der Waals surface area contributed by atoms with Crippen molar-refractivity contribution in [2.75, 3.05) is 50.2 Å². The zero-order chi connectivity index (χ0) is 16.2. The maximum Gasteiger partial charge on any atom is 0.228 e. The van der Waals surface area contributed by atoms with Gasteiger partial charge in [-0.15, -0.1) is 0 Å². The third-order valence-corrected chi connectivity index (χ3v) is 3.89. The van der Waals surface area contributed by atoms with Gasteiger partial charge in [0.05, 0.1) is 14.2 Å². The predicted molar refractivity (Wildman–Crippen MR) is 86.0 cm³/mol. The second-order valence-corrected chi connectivity index (χ2v) is 5.19. The minimum Gasteiger partial charge on any atom is -0.494 e. The van der Waals surface area contributed by atoms with Crippen molar-refractivity contribution in [3.05, 3.63) is 36.3 Å². The van der Waals surface area contributed by atoms with Crippen LogP contribution in [-0.4, -0.2) is 50.4 Å². The number of hydrogen-bond donors (Lipinski definition) is 0. The summed E-state index contributed by atoms with van der Waals surface area (Å²) in [6.07, 6.45) is 1.69. The van der Waals surface area contributed by atoms with Gasteiger partial charge in [0, 0.05) is 50.2 Å². The monoisotopic (exact) mass is 318 g/mol. The van der Waals surface area contributed by atoms with Crippen LogP contribution in [0.1, 0.15) is 0 Å². The molecular weight excluding hydrogens is 299 g/mol. The van der Waals surface area contributed by atoms with Crippen molar-refractivity contribution in [1.82, 2.24) is 9.97 Å². The highest BCUT2D eigenvalue weighted by Crippen LogP contribution is 2.25. The largest absolute Gasteiger partial charge is 0.494 e. The van der Waals surface area contributed by atoms with Gasteiger partial charge < -0.3 is 19.3 Å². The molecule has 2 heterocycles. The number of hydrogen-bond acceptors (Lipinski definition) is 6. The van der Waals surface area contributed by atoms with Gasteiger partial charge in [-0.25, -0.2) is 9.37 Å². The van der Waals surface area contributed by atoms with E-state index in [1.165, 1.54) is 13.2 Å². The molecule has 2 aromatic rings. The second-order valence-electron chi connectivity index (χ2n) is 5.19. The highest BCUT2D eigenvalue weighted by molar-refractivity contribution is 5.51. The molecule has 0 bridgehead atoms. The number of anilines is 2. The Bertz CT molecular complexity index is 675. The molecule has 0 saturated carbocycles. The molecular formula is C16H19FN4O2. The van der Waals surface area contributed by atoms with E-state index in [2.05, 4.69) is 19.8 Å². The van der Waals surface area contributed by atoms with Crippen LogP contribution >= 0.6 is 0 Å². The molecule has 0 atom stereocenters. The fraction of sp³-hybridized carbons (Fsp3) is 0.375. The molecule has 0 radical (unpaired) electrons. The summed E-state index contributed by atoms with van der Waals surface area (Å²) < 4.78 is 23.9. The first-order valence-corrected chi connectivity index (χ1v) is 7.41. The molecule has 0 N–H and O–H groups in total. The van der Waals surface area contributed by atoms with Gasteiger partial charge in [0.15, 0.2) is 11.6 Å². The molecule has 7 heteroatoms. The maximum absolute atomic E-state index is 13.8. The molecule has 0 spiro atoms. The van der Waals surface area contributed by atoms with Crippen LogP contribution in [0.3, 0.4) is 0 Å². The van der Waals surface area contributed by atoms with Crippen molar-refractivity contribution >= 4 is 11.6 Å². The van der Waals surface area contributed by atoms with Gasteiger partial charge in [0.2, 0.25) is 11.8 Å². The van der Waals surface area contributed by atoms with Crippen LogP contribution in [-0.2, 0) is 0 Å². The fourth-order valence-corrected chi connectivity index (χ4v) is 2.62. The van der Waals surface area contributed by atoms with Crippen LogP contribution in [0.4, 0.5) is 16.0 Å². The van der Waals surface area contributed by atoms with Gasteiger partial charge >= 0.3 is 0 Å². The first-order chi connectivity index (χ1) is 11.2. The first-order valence-electron chi connectivity index (χ1n) is 7.41. The molecule has 0 unspecified atom stereocenters. The van der Waals surface area contributed by atoms with E-state index >= 15 is 0 Å². The molecule has 1 aromatic carbocycles. The minimum absolute atomic E-state index is 0.261. The summed E-state index contributed by atoms with van der Waals surface area (Å²) in [5.41, 5.74) is 0.856. The van der Waals surface area contributed by atoms with Crippen molar-refractivity contribution in [3.8, 4) is 11.6 Å². The van der Waals surface area contributed by atoms with Gasteiger partial charge in [0.25, 0.3) is 0 Å². The Balaban J connectivity index is 1.67. The molecule has 23 heavy (non-hydrogen) atoms. The standard InChI is InChI=1S/C16H19FN4O2/c1-22-14-4-3-12(11-13(14)17)20-7-9-21(10-8-20)16-18-6-5-15(19-16)23-2/h3-6,11H,7-10H2,1-2H3. The highest BCUT2D eigenvalue weighted by Gasteiger charge is 2.20. The highest BCUT2D eigenvalue weighted by atomic mass is 19.1. The van der Waals surface area contributed by atoms with Crippen molar-refractivity contribution in [3.63, 3.8) is 0 Å². The summed E-state index contributed by atoms with van der Waals surface area (Å²) in [5, 5.41) is 0. The Kier molecular flexibility index (Phi) is 4.45. The van der Waals surface area contributed by atoms with E-state index in [0.29, 0.717) is 11.8 Å². The van der Waals surface area contributed by atoms with Crippen LogP contribution in [0.15, 0.2) is 30.5 Å². The average Bonchev–Trinajstić information content (AvgIpc) is 2.62. The van der Waals surface area contributed by atoms with Crippen LogP contribution in [0.5, 0.6) is 11.6 Å². The molecule has 1 aliphatic rings. The summed E-state index contributed by atoms with van der Waals surface area (Å²) in [6, 6.07) is 6.76. The van der Waals surface area contributed by atoms with E-state index in [-0.39, 0.29) is 11.6 Å². The van der Waals surface area contributed by atoms with Crippen LogP contribution in [0, 0.1) is 5.82 Å². The lowest BCUT2D eigenvalue weighted by atomic mass is 10.2. The molecule has 0 amide bonds. The topological polar surface area (TPSA) is 50.7 Å². The van der Waals surface area contributed by atoms with Crippen LogP contribution in [0.25, 0.3) is 0 Å². The Morgan fingerprint density at radius 3 is 2.39 bits per heavy atom. The van der Waals surface area contributed by atoms with E-state index in [9.17, 15) is 4.39 Å². The van der Waals surface area contributed by atoms with Crippen molar-refractivity contribution in [1.29, 1.82) is 0 Å². The zero-order valence-corrected chi connectivity index (χ0v) is 13.2. The summed E-state index contributed by atoms with van der Waals surface area (Å²) in [7, 11) is 3.05. The molecule has 122 valence electrons. The summed E-state index contributed by atoms with van der Waals surface area (Å²) in [5.74, 6) is 1.13. The molecule has 3 rings (SSSR count). The minimum atomic E-state index is -0.344. The Morgan fingerprint density at radius 1 is 1.00 bits per heavy atom. The Morgan fingerprint density at radius 2 is 1.74 bits per heavy atom. The summed E-state index contributed by atoms with van der Waals surface area (Å²) in [6.45, 7) is 3.07. The molecule has 1 saturated heterocycles. The molecule has 6 nitrogen and oxygen atoms in total. The Labute approximate surface area is 134 Å². The second kappa shape index (κ2) is 6.68. The number of ether oxygens (including phenoxy) is 2. The quantitative estimate of drug-likeness (QED) is 0.859. The van der Waals surface area contributed by atoms with Gasteiger partial charge in [-0.1, -0.05) is 0 Å². The number of methoxy groups -OCH3 is 2. The number of benzene rings is 1. The van der Waals surface area contributed by atoms with Gasteiger partial charge in [-0.3, -0.25) is 0 Å². The number of rotatable bonds is 4. The van der Waals surface area contributed by atoms with Gasteiger partial charge in [0.1, 0.15) is 0 Å². The maximum atomic E-state index is 13.8. The number of aromatic nitrogens is 2. The number of halogens is 1. The normalized spacial score (nSPS) is 14.7. The van der Waals surface area contributed by atoms with Crippen molar-refractivity contribution in [2.24, 2.45) is 0 Å². The van der Waals surface area contributed by atoms with Crippen LogP contribution in [0.2, 0.25) is 0 Å². The van der Waals surface area contributed by atoms with Gasteiger partial charge in [-0.05, 0) is 12.1 Å². The predicted octanol–water partition coefficient (Wildman–Crippen LogP) is 1.96. The molecule has 1 aliphatic heterocycles. The average molecular weight is 318 g/mol. The van der Waals surface area contributed by atoms with E-state index in [1.807, 2.05) is 6.07 Å². The molecule has 1 fully saturated rings. The Hall–Kier alpha value is -2.57. The fourth-order valence-electron chi connectivity index (χ4n) is 2.62. The SMILES string of the molecule is COc1ccnc(N2CCN(c3ccc(OC)c(F)c3)CC2)n1. The lowest BCUT2D eigenvalue weighted by Gasteiger charge is -2.36. The summed E-state index contributed by atoms with van der Waals surface area (Å²) in [4.78, 5) is 12.9. The number of nitrogens with zero attached hydrogens (tertiary/aromatic N) is 4. The van der Waals surface area contributed by atoms with Crippen molar-refractivity contribution < 1.29 is 13.9 Å². The third kappa shape index (κ3) is 3.28. The lowest BCUT2D eigenvalue weighted by Crippen LogP contribution is -2.47. The van der Waals surface area contributed by atoms with Crippen molar-refractivity contribution in [2.45, 2.75) is 0 Å². The lowest BCUT2D eigenvalue weighted by molar-refractivity contribution is 0.386. The number of piperazine rings is 1. The molecule has 0 aliphatic carbocycles. The molecule has 1 aromatic heterocycles. The first kappa shape index (κ1) is 15.3. The van der Waals surface area contributed by atoms with E-state index in [0.717, 1.165) is 31.9 Å². The summed E-state index contributed by atoms with van der Waals surface area (Å²) >= 11 is 0.